The number of hydrogen-bond donors (Lipinski definition) is 0. The lowest BCUT2D eigenvalue weighted by Crippen LogP contribution is -2.26. The van der Waals surface area contributed by atoms with Crippen LogP contribution in [-0.2, 0) is 6.42 Å². The molecule has 2 aromatic carbocycles. The lowest BCUT2D eigenvalue weighted by Gasteiger charge is -2.32. The van der Waals surface area contributed by atoms with Crippen LogP contribution in [0.4, 0.5) is 0 Å². The van der Waals surface area contributed by atoms with Gasteiger partial charge in [0.1, 0.15) is 0 Å². The van der Waals surface area contributed by atoms with Crippen LogP contribution in [0.3, 0.4) is 0 Å². The highest BCUT2D eigenvalue weighted by Gasteiger charge is 2.28. The van der Waals surface area contributed by atoms with Gasteiger partial charge in [0.05, 0.1) is 0 Å². The van der Waals surface area contributed by atoms with Crippen LogP contribution < -0.4 is 10.4 Å². The SMILES string of the molecule is C1=c2ccc3c(c2CCC1)C(C1CCCCC1)C=c1ccccc1=3. The minimum Gasteiger partial charge on any atom is -0.0770 e. The fourth-order valence-corrected chi connectivity index (χ4v) is 5.33. The summed E-state index contributed by atoms with van der Waals surface area (Å²) < 4.78 is 0. The molecule has 122 valence electrons. The van der Waals surface area contributed by atoms with E-state index in [1.54, 1.807) is 11.1 Å². The first-order valence-electron chi connectivity index (χ1n) is 9.85. The Bertz CT molecular complexity index is 974. The minimum atomic E-state index is 0.636. The van der Waals surface area contributed by atoms with Crippen LogP contribution in [0.1, 0.15) is 62.0 Å². The maximum atomic E-state index is 2.61. The largest absolute Gasteiger partial charge is 0.0770 e. The van der Waals surface area contributed by atoms with E-state index >= 15 is 0 Å². The summed E-state index contributed by atoms with van der Waals surface area (Å²) in [7, 11) is 0. The number of fused-ring (bicyclic) bond motifs is 4. The number of hydrogen-bond acceptors (Lipinski definition) is 0. The minimum absolute atomic E-state index is 0.636. The van der Waals surface area contributed by atoms with Crippen LogP contribution in [-0.4, -0.2) is 0 Å². The second kappa shape index (κ2) is 5.92. The predicted molar refractivity (Wildman–Crippen MR) is 101 cm³/mol. The van der Waals surface area contributed by atoms with E-state index < -0.39 is 0 Å². The maximum absolute atomic E-state index is 2.61. The van der Waals surface area contributed by atoms with E-state index in [2.05, 4.69) is 48.6 Å². The Balaban J connectivity index is 1.84. The lowest BCUT2D eigenvalue weighted by atomic mass is 9.72. The molecule has 2 aromatic rings. The molecule has 1 saturated carbocycles. The molecule has 0 heterocycles. The van der Waals surface area contributed by atoms with Crippen LogP contribution >= 0.6 is 0 Å². The molecule has 1 unspecified atom stereocenters. The van der Waals surface area contributed by atoms with Crippen molar-refractivity contribution in [3.63, 3.8) is 0 Å². The lowest BCUT2D eigenvalue weighted by molar-refractivity contribution is 0.337. The third-order valence-corrected chi connectivity index (χ3v) is 6.49. The zero-order valence-electron chi connectivity index (χ0n) is 14.4. The molecule has 3 aliphatic rings. The van der Waals surface area contributed by atoms with Gasteiger partial charge in [-0.05, 0) is 70.0 Å². The zero-order valence-corrected chi connectivity index (χ0v) is 14.4. The van der Waals surface area contributed by atoms with Gasteiger partial charge in [-0.2, -0.15) is 0 Å². The van der Waals surface area contributed by atoms with Gasteiger partial charge in [0, 0.05) is 5.92 Å². The molecule has 0 radical (unpaired) electrons. The zero-order chi connectivity index (χ0) is 15.9. The van der Waals surface area contributed by atoms with Gasteiger partial charge in [0.2, 0.25) is 0 Å². The molecule has 5 rings (SSSR count). The van der Waals surface area contributed by atoms with Gasteiger partial charge in [0.15, 0.2) is 0 Å². The van der Waals surface area contributed by atoms with Crippen LogP contribution in [0, 0.1) is 16.4 Å². The van der Waals surface area contributed by atoms with Gasteiger partial charge in [-0.3, -0.25) is 0 Å². The summed E-state index contributed by atoms with van der Waals surface area (Å²) in [5.41, 5.74) is 3.36. The normalized spacial score (nSPS) is 22.6. The Kier molecular flexibility index (Phi) is 3.58. The molecule has 0 bridgehead atoms. The van der Waals surface area contributed by atoms with E-state index in [1.165, 1.54) is 72.2 Å². The summed E-state index contributed by atoms with van der Waals surface area (Å²) in [6, 6.07) is 13.8. The van der Waals surface area contributed by atoms with Gasteiger partial charge < -0.3 is 0 Å². The number of rotatable bonds is 1. The van der Waals surface area contributed by atoms with Gasteiger partial charge in [-0.15, -0.1) is 0 Å². The molecule has 0 aromatic heterocycles. The van der Waals surface area contributed by atoms with Crippen LogP contribution in [0.25, 0.3) is 12.2 Å². The van der Waals surface area contributed by atoms with Crippen LogP contribution in [0.15, 0.2) is 36.4 Å². The Hall–Kier alpha value is -1.82. The van der Waals surface area contributed by atoms with Gasteiger partial charge >= 0.3 is 0 Å². The molecule has 1 fully saturated rings. The van der Waals surface area contributed by atoms with Crippen molar-refractivity contribution < 1.29 is 0 Å². The average molecular weight is 314 g/mol. The Labute approximate surface area is 144 Å². The molecular weight excluding hydrogens is 288 g/mol. The van der Waals surface area contributed by atoms with E-state index in [-0.39, 0.29) is 0 Å². The standard InChI is InChI=1S/C24H26/c1-2-8-17(9-3-1)23-16-19-11-5-6-12-20(19)22-15-14-18-10-4-7-13-21(18)24(22)23/h5-6,10-12,14-17,23H,1-4,7-9,13H2. The summed E-state index contributed by atoms with van der Waals surface area (Å²) in [6.07, 6.45) is 16.0. The summed E-state index contributed by atoms with van der Waals surface area (Å²) in [5, 5.41) is 5.96. The van der Waals surface area contributed by atoms with Crippen molar-refractivity contribution in [3.8, 4) is 0 Å². The average Bonchev–Trinajstić information content (AvgIpc) is 2.67. The summed E-state index contributed by atoms with van der Waals surface area (Å²) in [4.78, 5) is 0. The second-order valence-electron chi connectivity index (χ2n) is 7.87. The van der Waals surface area contributed by atoms with Gasteiger partial charge in [-0.1, -0.05) is 67.8 Å². The molecular formula is C24H26. The fourth-order valence-electron chi connectivity index (χ4n) is 5.33. The molecule has 0 saturated heterocycles. The second-order valence-corrected chi connectivity index (χ2v) is 7.87. The van der Waals surface area contributed by atoms with Crippen molar-refractivity contribution in [1.82, 2.24) is 0 Å². The maximum Gasteiger partial charge on any atom is 0.00645 e. The summed E-state index contributed by atoms with van der Waals surface area (Å²) >= 11 is 0. The highest BCUT2D eigenvalue weighted by molar-refractivity contribution is 5.52. The molecule has 0 heteroatoms. The van der Waals surface area contributed by atoms with Crippen LogP contribution in [0.2, 0.25) is 0 Å². The Morgan fingerprint density at radius 2 is 1.62 bits per heavy atom. The van der Waals surface area contributed by atoms with E-state index in [0.29, 0.717) is 5.92 Å². The van der Waals surface area contributed by atoms with Crippen molar-refractivity contribution >= 4 is 12.2 Å². The third kappa shape index (κ3) is 2.27. The van der Waals surface area contributed by atoms with Gasteiger partial charge in [0.25, 0.3) is 0 Å². The third-order valence-electron chi connectivity index (χ3n) is 6.49. The molecule has 0 nitrogen and oxygen atoms in total. The Morgan fingerprint density at radius 1 is 0.750 bits per heavy atom. The topological polar surface area (TPSA) is 0 Å². The molecule has 3 aliphatic carbocycles. The number of benzene rings is 2. The fraction of sp³-hybridized carbons (Fsp3) is 0.417. The van der Waals surface area contributed by atoms with Crippen molar-refractivity contribution in [2.24, 2.45) is 5.92 Å². The first kappa shape index (κ1) is 14.5. The highest BCUT2D eigenvalue weighted by Crippen LogP contribution is 2.39. The van der Waals surface area contributed by atoms with Crippen molar-refractivity contribution in [1.29, 1.82) is 0 Å². The molecule has 0 spiro atoms. The Morgan fingerprint density at radius 3 is 2.54 bits per heavy atom. The molecule has 24 heavy (non-hydrogen) atoms. The van der Waals surface area contributed by atoms with E-state index in [9.17, 15) is 0 Å². The van der Waals surface area contributed by atoms with Crippen molar-refractivity contribution in [2.45, 2.75) is 57.3 Å². The highest BCUT2D eigenvalue weighted by atomic mass is 14.3. The van der Waals surface area contributed by atoms with Crippen molar-refractivity contribution in [3.05, 3.63) is 68.4 Å². The first-order chi connectivity index (χ1) is 11.9. The summed E-state index contributed by atoms with van der Waals surface area (Å²) in [6.45, 7) is 0. The first-order valence-corrected chi connectivity index (χ1v) is 9.85. The summed E-state index contributed by atoms with van der Waals surface area (Å²) in [5.74, 6) is 1.48. The van der Waals surface area contributed by atoms with Gasteiger partial charge in [-0.25, -0.2) is 0 Å². The smallest absolute Gasteiger partial charge is 0.00645 e. The predicted octanol–water partition coefficient (Wildman–Crippen LogP) is 4.55. The van der Waals surface area contributed by atoms with Crippen LogP contribution in [0.5, 0.6) is 0 Å². The van der Waals surface area contributed by atoms with E-state index in [4.69, 9.17) is 0 Å². The monoisotopic (exact) mass is 314 g/mol. The van der Waals surface area contributed by atoms with Crippen molar-refractivity contribution in [2.75, 3.05) is 0 Å². The quantitative estimate of drug-likeness (QED) is 0.724. The molecule has 0 aliphatic heterocycles. The van der Waals surface area contributed by atoms with E-state index in [0.717, 1.165) is 5.92 Å². The molecule has 0 amide bonds. The molecule has 1 atom stereocenters. The molecule has 0 N–H and O–H groups in total. The van der Waals surface area contributed by atoms with E-state index in [1.807, 2.05) is 0 Å².